The molecule has 16 heavy (non-hydrogen) atoms. The lowest BCUT2D eigenvalue weighted by atomic mass is 10.1. The molecule has 0 radical (unpaired) electrons. The van der Waals surface area contributed by atoms with Gasteiger partial charge in [0.25, 0.3) is 0 Å². The Balaban J connectivity index is 2.10. The van der Waals surface area contributed by atoms with E-state index in [0.29, 0.717) is 5.92 Å². The highest BCUT2D eigenvalue weighted by Crippen LogP contribution is 2.34. The number of anilines is 1. The lowest BCUT2D eigenvalue weighted by molar-refractivity contribution is 0.174. The summed E-state index contributed by atoms with van der Waals surface area (Å²) in [6.45, 7) is 4.54. The molecule has 0 saturated carbocycles. The third-order valence-corrected chi connectivity index (χ3v) is 2.73. The summed E-state index contributed by atoms with van der Waals surface area (Å²) in [6.07, 6.45) is 0. The van der Waals surface area contributed by atoms with Gasteiger partial charge in [-0.05, 0) is 18.1 Å². The molecule has 88 valence electrons. The van der Waals surface area contributed by atoms with Crippen LogP contribution in [0.15, 0.2) is 18.2 Å². The third-order valence-electron chi connectivity index (χ3n) is 2.73. The van der Waals surface area contributed by atoms with Crippen molar-refractivity contribution in [3.05, 3.63) is 18.2 Å². The van der Waals surface area contributed by atoms with E-state index in [2.05, 4.69) is 19.2 Å². The molecule has 0 bridgehead atoms. The standard InChI is InChI=1S/C12H17NO3/c1-8(2)10(6-14)13-9-3-4-11-12(5-9)16-7-15-11/h3-5,8,10,13-14H,6-7H2,1-2H3. The van der Waals surface area contributed by atoms with E-state index >= 15 is 0 Å². The molecule has 4 heteroatoms. The van der Waals surface area contributed by atoms with E-state index in [9.17, 15) is 5.11 Å². The van der Waals surface area contributed by atoms with Crippen LogP contribution in [0.3, 0.4) is 0 Å². The van der Waals surface area contributed by atoms with E-state index in [1.165, 1.54) is 0 Å². The largest absolute Gasteiger partial charge is 0.454 e. The quantitative estimate of drug-likeness (QED) is 0.817. The van der Waals surface area contributed by atoms with Gasteiger partial charge in [0, 0.05) is 11.8 Å². The number of hydrogen-bond acceptors (Lipinski definition) is 4. The molecule has 1 aromatic carbocycles. The summed E-state index contributed by atoms with van der Waals surface area (Å²) in [5.74, 6) is 1.90. The molecule has 2 rings (SSSR count). The van der Waals surface area contributed by atoms with Crippen molar-refractivity contribution in [3.8, 4) is 11.5 Å². The predicted octanol–water partition coefficient (Wildman–Crippen LogP) is 1.84. The van der Waals surface area contributed by atoms with Crippen LogP contribution in [0.25, 0.3) is 0 Å². The van der Waals surface area contributed by atoms with Crippen molar-refractivity contribution in [2.45, 2.75) is 19.9 Å². The zero-order chi connectivity index (χ0) is 11.5. The molecule has 0 fully saturated rings. The minimum atomic E-state index is 0.0559. The maximum absolute atomic E-state index is 9.23. The van der Waals surface area contributed by atoms with Crippen LogP contribution >= 0.6 is 0 Å². The van der Waals surface area contributed by atoms with Crippen LogP contribution in [0.4, 0.5) is 5.69 Å². The van der Waals surface area contributed by atoms with Crippen LogP contribution in [0.5, 0.6) is 11.5 Å². The highest BCUT2D eigenvalue weighted by Gasteiger charge is 2.16. The van der Waals surface area contributed by atoms with Gasteiger partial charge >= 0.3 is 0 Å². The van der Waals surface area contributed by atoms with Gasteiger partial charge in [-0.2, -0.15) is 0 Å². The van der Waals surface area contributed by atoms with Crippen LogP contribution in [0.2, 0.25) is 0 Å². The fourth-order valence-corrected chi connectivity index (χ4v) is 1.62. The second-order valence-corrected chi connectivity index (χ2v) is 4.25. The van der Waals surface area contributed by atoms with Crippen molar-refractivity contribution in [1.82, 2.24) is 0 Å². The Morgan fingerprint density at radius 3 is 2.75 bits per heavy atom. The van der Waals surface area contributed by atoms with Crippen LogP contribution < -0.4 is 14.8 Å². The van der Waals surface area contributed by atoms with Gasteiger partial charge in [0.05, 0.1) is 12.6 Å². The second kappa shape index (κ2) is 4.61. The summed E-state index contributed by atoms with van der Waals surface area (Å²) in [5.41, 5.74) is 0.942. The number of benzene rings is 1. The highest BCUT2D eigenvalue weighted by atomic mass is 16.7. The summed E-state index contributed by atoms with van der Waals surface area (Å²) in [7, 11) is 0. The lowest BCUT2D eigenvalue weighted by Crippen LogP contribution is -2.29. The number of aliphatic hydroxyl groups is 1. The van der Waals surface area contributed by atoms with Crippen molar-refractivity contribution >= 4 is 5.69 Å². The minimum Gasteiger partial charge on any atom is -0.454 e. The monoisotopic (exact) mass is 223 g/mol. The van der Waals surface area contributed by atoms with Gasteiger partial charge in [0.2, 0.25) is 6.79 Å². The van der Waals surface area contributed by atoms with Gasteiger partial charge in [0.1, 0.15) is 0 Å². The highest BCUT2D eigenvalue weighted by molar-refractivity contribution is 5.56. The Kier molecular flexibility index (Phi) is 3.19. The van der Waals surface area contributed by atoms with Crippen molar-refractivity contribution in [2.24, 2.45) is 5.92 Å². The number of fused-ring (bicyclic) bond motifs is 1. The third kappa shape index (κ3) is 2.22. The summed E-state index contributed by atoms with van der Waals surface area (Å²) in [6, 6.07) is 5.76. The first-order valence-electron chi connectivity index (χ1n) is 5.47. The van der Waals surface area contributed by atoms with E-state index in [0.717, 1.165) is 17.2 Å². The van der Waals surface area contributed by atoms with E-state index in [1.54, 1.807) is 0 Å². The summed E-state index contributed by atoms with van der Waals surface area (Å²) in [5, 5.41) is 12.5. The fraction of sp³-hybridized carbons (Fsp3) is 0.500. The Morgan fingerprint density at radius 1 is 1.31 bits per heavy atom. The van der Waals surface area contributed by atoms with E-state index < -0.39 is 0 Å². The summed E-state index contributed by atoms with van der Waals surface area (Å²) < 4.78 is 10.5. The maximum atomic E-state index is 9.23. The van der Waals surface area contributed by atoms with Crippen LogP contribution in [0.1, 0.15) is 13.8 Å². The van der Waals surface area contributed by atoms with Gasteiger partial charge in [0.15, 0.2) is 11.5 Å². The first kappa shape index (κ1) is 11.1. The zero-order valence-electron chi connectivity index (χ0n) is 9.56. The molecule has 1 aromatic rings. The minimum absolute atomic E-state index is 0.0559. The topological polar surface area (TPSA) is 50.7 Å². The van der Waals surface area contributed by atoms with Gasteiger partial charge in [-0.25, -0.2) is 0 Å². The SMILES string of the molecule is CC(C)C(CO)Nc1ccc2c(c1)OCO2. The molecule has 0 spiro atoms. The maximum Gasteiger partial charge on any atom is 0.231 e. The molecule has 1 aliphatic rings. The van der Waals surface area contributed by atoms with Gasteiger partial charge in [-0.15, -0.1) is 0 Å². The van der Waals surface area contributed by atoms with E-state index in [1.807, 2.05) is 18.2 Å². The van der Waals surface area contributed by atoms with Crippen LogP contribution in [0, 0.1) is 5.92 Å². The molecule has 1 atom stereocenters. The Bertz CT molecular complexity index is 365. The summed E-state index contributed by atoms with van der Waals surface area (Å²) in [4.78, 5) is 0. The van der Waals surface area contributed by atoms with E-state index in [-0.39, 0.29) is 19.4 Å². The first-order chi connectivity index (χ1) is 7.70. The molecule has 0 aliphatic carbocycles. The van der Waals surface area contributed by atoms with Crippen molar-refractivity contribution in [2.75, 3.05) is 18.7 Å². The number of nitrogens with one attached hydrogen (secondary N) is 1. The van der Waals surface area contributed by atoms with Gasteiger partial charge < -0.3 is 19.9 Å². The number of aliphatic hydroxyl groups excluding tert-OH is 1. The van der Waals surface area contributed by atoms with Crippen molar-refractivity contribution in [3.63, 3.8) is 0 Å². The number of hydrogen-bond donors (Lipinski definition) is 2. The van der Waals surface area contributed by atoms with Gasteiger partial charge in [-0.1, -0.05) is 13.8 Å². The molecule has 1 aliphatic heterocycles. The fourth-order valence-electron chi connectivity index (χ4n) is 1.62. The first-order valence-corrected chi connectivity index (χ1v) is 5.47. The Hall–Kier alpha value is -1.42. The smallest absolute Gasteiger partial charge is 0.231 e. The molecular weight excluding hydrogens is 206 g/mol. The molecule has 4 nitrogen and oxygen atoms in total. The molecule has 0 amide bonds. The second-order valence-electron chi connectivity index (χ2n) is 4.25. The number of rotatable bonds is 4. The van der Waals surface area contributed by atoms with Crippen molar-refractivity contribution in [1.29, 1.82) is 0 Å². The Labute approximate surface area is 95.2 Å². The van der Waals surface area contributed by atoms with E-state index in [4.69, 9.17) is 9.47 Å². The molecule has 0 saturated heterocycles. The predicted molar refractivity (Wildman–Crippen MR) is 61.9 cm³/mol. The average molecular weight is 223 g/mol. The van der Waals surface area contributed by atoms with Crippen LogP contribution in [-0.2, 0) is 0 Å². The van der Waals surface area contributed by atoms with Gasteiger partial charge in [-0.3, -0.25) is 0 Å². The molecule has 1 heterocycles. The zero-order valence-corrected chi connectivity index (χ0v) is 9.56. The Morgan fingerprint density at radius 2 is 2.06 bits per heavy atom. The average Bonchev–Trinajstić information content (AvgIpc) is 2.72. The normalized spacial score (nSPS) is 15.2. The lowest BCUT2D eigenvalue weighted by Gasteiger charge is -2.21. The van der Waals surface area contributed by atoms with Crippen LogP contribution in [-0.4, -0.2) is 24.5 Å². The number of ether oxygens (including phenoxy) is 2. The molecular formula is C12H17NO3. The molecule has 0 aromatic heterocycles. The van der Waals surface area contributed by atoms with Crippen molar-refractivity contribution < 1.29 is 14.6 Å². The summed E-state index contributed by atoms with van der Waals surface area (Å²) >= 11 is 0. The molecule has 1 unspecified atom stereocenters. The molecule has 2 N–H and O–H groups in total.